The molecule has 1 aromatic heterocycles. The molecule has 0 fully saturated rings. The van der Waals surface area contributed by atoms with Crippen LogP contribution in [0.3, 0.4) is 0 Å². The number of hydrogen-bond donors (Lipinski definition) is 1. The monoisotopic (exact) mass is 263 g/mol. The van der Waals surface area contributed by atoms with Crippen LogP contribution in [-0.4, -0.2) is 19.1 Å². The van der Waals surface area contributed by atoms with Gasteiger partial charge in [0.15, 0.2) is 5.75 Å². The number of nitrogens with two attached hydrogens (primary N) is 1. The number of rotatable bonds is 3. The topological polar surface area (TPSA) is 51.4 Å². The minimum Gasteiger partial charge on any atom is -0.453 e. The molecular weight excluding hydrogens is 250 g/mol. The van der Waals surface area contributed by atoms with Crippen LogP contribution in [-0.2, 0) is 0 Å². The summed E-state index contributed by atoms with van der Waals surface area (Å²) in [6.07, 6.45) is 3.15. The molecule has 2 rings (SSSR count). The predicted molar refractivity (Wildman–Crippen MR) is 74.5 cm³/mol. The van der Waals surface area contributed by atoms with Gasteiger partial charge in [-0.25, -0.2) is 0 Å². The maximum absolute atomic E-state index is 5.99. The zero-order valence-corrected chi connectivity index (χ0v) is 11.0. The van der Waals surface area contributed by atoms with E-state index in [9.17, 15) is 0 Å². The van der Waals surface area contributed by atoms with Crippen molar-refractivity contribution >= 4 is 23.0 Å². The highest BCUT2D eigenvalue weighted by molar-refractivity contribution is 6.31. The average molecular weight is 264 g/mol. The molecule has 0 aliphatic heterocycles. The summed E-state index contributed by atoms with van der Waals surface area (Å²) in [5.74, 6) is 1.11. The molecule has 0 radical (unpaired) electrons. The first-order valence-corrected chi connectivity index (χ1v) is 5.80. The lowest BCUT2D eigenvalue weighted by Crippen LogP contribution is -2.08. The average Bonchev–Trinajstić information content (AvgIpc) is 2.34. The fourth-order valence-corrected chi connectivity index (χ4v) is 1.61. The van der Waals surface area contributed by atoms with Crippen molar-refractivity contribution in [2.45, 2.75) is 0 Å². The Kier molecular flexibility index (Phi) is 3.58. The Morgan fingerprint density at radius 2 is 2.00 bits per heavy atom. The quantitative estimate of drug-likeness (QED) is 0.864. The molecule has 4 nitrogen and oxygen atoms in total. The van der Waals surface area contributed by atoms with E-state index in [0.29, 0.717) is 22.2 Å². The van der Waals surface area contributed by atoms with Gasteiger partial charge in [-0.1, -0.05) is 11.6 Å². The van der Waals surface area contributed by atoms with E-state index in [4.69, 9.17) is 22.1 Å². The standard InChI is InChI=1S/C13H14ClN3O/c1-17(2)9-3-4-11(15)13(7-9)18-12-5-6-16-8-10(12)14/h3-8H,15H2,1-2H3. The highest BCUT2D eigenvalue weighted by Crippen LogP contribution is 2.33. The summed E-state index contributed by atoms with van der Waals surface area (Å²) in [6, 6.07) is 7.30. The third-order valence-electron chi connectivity index (χ3n) is 2.47. The van der Waals surface area contributed by atoms with Crippen LogP contribution in [0.2, 0.25) is 5.02 Å². The van der Waals surface area contributed by atoms with Crippen LogP contribution in [0.25, 0.3) is 0 Å². The van der Waals surface area contributed by atoms with Crippen LogP contribution in [0.4, 0.5) is 11.4 Å². The Hall–Kier alpha value is -1.94. The number of hydrogen-bond acceptors (Lipinski definition) is 4. The number of anilines is 2. The van der Waals surface area contributed by atoms with Crippen molar-refractivity contribution in [3.8, 4) is 11.5 Å². The number of pyridine rings is 1. The van der Waals surface area contributed by atoms with E-state index in [1.165, 1.54) is 6.20 Å². The van der Waals surface area contributed by atoms with Crippen LogP contribution in [0.5, 0.6) is 11.5 Å². The van der Waals surface area contributed by atoms with Crippen molar-refractivity contribution in [1.82, 2.24) is 4.98 Å². The molecule has 0 bridgehead atoms. The van der Waals surface area contributed by atoms with Crippen molar-refractivity contribution < 1.29 is 4.74 Å². The summed E-state index contributed by atoms with van der Waals surface area (Å²) in [5.41, 5.74) is 7.45. The lowest BCUT2D eigenvalue weighted by atomic mass is 10.2. The molecule has 0 unspecified atom stereocenters. The van der Waals surface area contributed by atoms with E-state index in [1.807, 2.05) is 31.1 Å². The number of benzene rings is 1. The second-order valence-electron chi connectivity index (χ2n) is 4.02. The minimum absolute atomic E-state index is 0.451. The Morgan fingerprint density at radius 1 is 1.22 bits per heavy atom. The summed E-state index contributed by atoms with van der Waals surface area (Å²) in [6.45, 7) is 0. The lowest BCUT2D eigenvalue weighted by Gasteiger charge is -2.15. The van der Waals surface area contributed by atoms with Crippen molar-refractivity contribution in [1.29, 1.82) is 0 Å². The van der Waals surface area contributed by atoms with Gasteiger partial charge in [-0.2, -0.15) is 0 Å². The minimum atomic E-state index is 0.451. The summed E-state index contributed by atoms with van der Waals surface area (Å²) >= 11 is 5.99. The number of ether oxygens (including phenoxy) is 1. The summed E-state index contributed by atoms with van der Waals surface area (Å²) in [7, 11) is 3.91. The first-order valence-electron chi connectivity index (χ1n) is 5.42. The van der Waals surface area contributed by atoms with Gasteiger partial charge in [-0.15, -0.1) is 0 Å². The number of halogens is 1. The van der Waals surface area contributed by atoms with E-state index in [-0.39, 0.29) is 0 Å². The van der Waals surface area contributed by atoms with Gasteiger partial charge in [0.05, 0.1) is 5.69 Å². The SMILES string of the molecule is CN(C)c1ccc(N)c(Oc2ccncc2Cl)c1. The van der Waals surface area contributed by atoms with E-state index < -0.39 is 0 Å². The molecular formula is C13H14ClN3O. The van der Waals surface area contributed by atoms with E-state index in [2.05, 4.69) is 4.98 Å². The van der Waals surface area contributed by atoms with E-state index in [1.54, 1.807) is 18.3 Å². The summed E-state index contributed by atoms with van der Waals surface area (Å²) in [4.78, 5) is 5.88. The molecule has 1 aromatic carbocycles. The van der Waals surface area contributed by atoms with Crippen molar-refractivity contribution in [2.75, 3.05) is 24.7 Å². The molecule has 5 heteroatoms. The van der Waals surface area contributed by atoms with Crippen LogP contribution in [0.1, 0.15) is 0 Å². The molecule has 0 amide bonds. The van der Waals surface area contributed by atoms with Gasteiger partial charge in [0.25, 0.3) is 0 Å². The first kappa shape index (κ1) is 12.5. The molecule has 18 heavy (non-hydrogen) atoms. The zero-order valence-electron chi connectivity index (χ0n) is 10.2. The Labute approximate surface area is 111 Å². The molecule has 0 spiro atoms. The zero-order chi connectivity index (χ0) is 13.1. The molecule has 0 aliphatic rings. The molecule has 0 saturated heterocycles. The third-order valence-corrected chi connectivity index (χ3v) is 2.75. The fourth-order valence-electron chi connectivity index (χ4n) is 1.45. The predicted octanol–water partition coefficient (Wildman–Crippen LogP) is 3.18. The van der Waals surface area contributed by atoms with Gasteiger partial charge < -0.3 is 15.4 Å². The smallest absolute Gasteiger partial charge is 0.152 e. The van der Waals surface area contributed by atoms with Crippen LogP contribution < -0.4 is 15.4 Å². The van der Waals surface area contributed by atoms with Gasteiger partial charge in [0.1, 0.15) is 10.8 Å². The van der Waals surface area contributed by atoms with Crippen molar-refractivity contribution in [3.05, 3.63) is 41.7 Å². The molecule has 0 atom stereocenters. The van der Waals surface area contributed by atoms with Gasteiger partial charge >= 0.3 is 0 Å². The van der Waals surface area contributed by atoms with Gasteiger partial charge in [-0.05, 0) is 12.1 Å². The second kappa shape index (κ2) is 5.14. The number of nitrogen functional groups attached to an aromatic ring is 1. The number of nitrogens with zero attached hydrogens (tertiary/aromatic N) is 2. The normalized spacial score (nSPS) is 10.2. The highest BCUT2D eigenvalue weighted by atomic mass is 35.5. The maximum atomic E-state index is 5.99. The molecule has 0 saturated carbocycles. The molecule has 0 aliphatic carbocycles. The van der Waals surface area contributed by atoms with Crippen molar-refractivity contribution in [2.24, 2.45) is 0 Å². The van der Waals surface area contributed by atoms with Gasteiger partial charge in [-0.3, -0.25) is 4.98 Å². The first-order chi connectivity index (χ1) is 8.58. The van der Waals surface area contributed by atoms with Crippen LogP contribution >= 0.6 is 11.6 Å². The molecule has 2 aromatic rings. The summed E-state index contributed by atoms with van der Waals surface area (Å²) < 4.78 is 5.71. The third kappa shape index (κ3) is 2.65. The Morgan fingerprint density at radius 3 is 2.67 bits per heavy atom. The van der Waals surface area contributed by atoms with E-state index in [0.717, 1.165) is 5.69 Å². The Bertz CT molecular complexity index is 558. The molecule has 2 N–H and O–H groups in total. The van der Waals surface area contributed by atoms with Crippen LogP contribution in [0, 0.1) is 0 Å². The van der Waals surface area contributed by atoms with Gasteiger partial charge in [0, 0.05) is 44.3 Å². The fraction of sp³-hybridized carbons (Fsp3) is 0.154. The largest absolute Gasteiger partial charge is 0.453 e. The maximum Gasteiger partial charge on any atom is 0.152 e. The number of aromatic nitrogens is 1. The van der Waals surface area contributed by atoms with Crippen LogP contribution in [0.15, 0.2) is 36.7 Å². The molecule has 1 heterocycles. The Balaban J connectivity index is 2.34. The second-order valence-corrected chi connectivity index (χ2v) is 4.43. The van der Waals surface area contributed by atoms with E-state index >= 15 is 0 Å². The van der Waals surface area contributed by atoms with Gasteiger partial charge in [0.2, 0.25) is 0 Å². The van der Waals surface area contributed by atoms with Crippen molar-refractivity contribution in [3.63, 3.8) is 0 Å². The lowest BCUT2D eigenvalue weighted by molar-refractivity contribution is 0.484. The molecule has 94 valence electrons. The summed E-state index contributed by atoms with van der Waals surface area (Å²) in [5, 5.41) is 0.451. The highest BCUT2D eigenvalue weighted by Gasteiger charge is 2.07.